The van der Waals surface area contributed by atoms with Gasteiger partial charge < -0.3 is 4.90 Å². The molecule has 0 spiro atoms. The molecule has 7 rings (SSSR count). The summed E-state index contributed by atoms with van der Waals surface area (Å²) >= 11 is 0. The highest BCUT2D eigenvalue weighted by molar-refractivity contribution is 6.10. The zero-order valence-corrected chi connectivity index (χ0v) is 23.4. The van der Waals surface area contributed by atoms with Crippen LogP contribution in [0.5, 0.6) is 0 Å². The van der Waals surface area contributed by atoms with Crippen LogP contribution in [0.2, 0.25) is 0 Å². The SMILES string of the molecule is C=CC(=NC(=C)C1=Cc2ccccc2CC1)c1ccc2c(c1)N(c1ccccc1N=C)Cc1cc3ccccc3nc1-2. The van der Waals surface area contributed by atoms with Gasteiger partial charge in [0.1, 0.15) is 0 Å². The van der Waals surface area contributed by atoms with Gasteiger partial charge >= 0.3 is 0 Å². The van der Waals surface area contributed by atoms with Crippen LogP contribution in [0.25, 0.3) is 28.2 Å². The van der Waals surface area contributed by atoms with E-state index in [0.29, 0.717) is 6.54 Å². The van der Waals surface area contributed by atoms with Gasteiger partial charge in [0, 0.05) is 16.5 Å². The molecule has 0 saturated carbocycles. The second-order valence-electron chi connectivity index (χ2n) is 10.7. The normalized spacial score (nSPS) is 14.0. The van der Waals surface area contributed by atoms with Gasteiger partial charge in [-0.05, 0) is 84.3 Å². The molecule has 2 aliphatic rings. The van der Waals surface area contributed by atoms with E-state index in [4.69, 9.17) is 9.98 Å². The number of nitrogens with zero attached hydrogens (tertiary/aromatic N) is 4. The van der Waals surface area contributed by atoms with Crippen LogP contribution in [0, 0.1) is 0 Å². The summed E-state index contributed by atoms with van der Waals surface area (Å²) in [6.45, 7) is 13.0. The van der Waals surface area contributed by atoms with Crippen LogP contribution in [0.3, 0.4) is 0 Å². The number of hydrogen-bond donors (Lipinski definition) is 0. The van der Waals surface area contributed by atoms with E-state index < -0.39 is 0 Å². The Morgan fingerprint density at radius 1 is 0.833 bits per heavy atom. The van der Waals surface area contributed by atoms with E-state index in [-0.39, 0.29) is 0 Å². The quantitative estimate of drug-likeness (QED) is 0.201. The molecule has 4 nitrogen and oxygen atoms in total. The molecule has 0 bridgehead atoms. The Kier molecular flexibility index (Phi) is 6.44. The summed E-state index contributed by atoms with van der Waals surface area (Å²) in [6.07, 6.45) is 5.94. The van der Waals surface area contributed by atoms with Crippen LogP contribution in [0.1, 0.15) is 28.7 Å². The van der Waals surface area contributed by atoms with E-state index in [9.17, 15) is 0 Å². The molecule has 1 aromatic heterocycles. The van der Waals surface area contributed by atoms with Crippen LogP contribution in [0.15, 0.2) is 138 Å². The Hall–Kier alpha value is -5.35. The Bertz CT molecular complexity index is 1980. The molecule has 202 valence electrons. The highest BCUT2D eigenvalue weighted by Gasteiger charge is 2.27. The monoisotopic (exact) mass is 542 g/mol. The van der Waals surface area contributed by atoms with Gasteiger partial charge in [-0.1, -0.05) is 79.9 Å². The van der Waals surface area contributed by atoms with Gasteiger partial charge in [-0.25, -0.2) is 9.98 Å². The number of allylic oxidation sites excluding steroid dienone is 2. The number of fused-ring (bicyclic) bond motifs is 5. The van der Waals surface area contributed by atoms with Crippen LogP contribution in [-0.2, 0) is 13.0 Å². The van der Waals surface area contributed by atoms with Crippen molar-refractivity contribution in [2.24, 2.45) is 9.98 Å². The lowest BCUT2D eigenvalue weighted by molar-refractivity contribution is 0.931. The average molecular weight is 543 g/mol. The Morgan fingerprint density at radius 2 is 1.64 bits per heavy atom. The number of para-hydroxylation sites is 3. The van der Waals surface area contributed by atoms with Gasteiger partial charge in [0.05, 0.1) is 46.2 Å². The number of anilines is 2. The lowest BCUT2D eigenvalue weighted by atomic mass is 9.91. The highest BCUT2D eigenvalue weighted by atomic mass is 15.2. The van der Waals surface area contributed by atoms with Crippen LogP contribution in [-0.4, -0.2) is 17.4 Å². The van der Waals surface area contributed by atoms with E-state index in [1.807, 2.05) is 30.3 Å². The summed E-state index contributed by atoms with van der Waals surface area (Å²) in [5.41, 5.74) is 13.4. The van der Waals surface area contributed by atoms with Crippen molar-refractivity contribution >= 4 is 46.5 Å². The molecule has 0 amide bonds. The van der Waals surface area contributed by atoms with Crippen molar-refractivity contribution in [2.75, 3.05) is 4.90 Å². The van der Waals surface area contributed by atoms with Gasteiger partial charge in [-0.2, -0.15) is 0 Å². The number of aliphatic imine (C=N–C) groups is 2. The first kappa shape index (κ1) is 25.6. The predicted octanol–water partition coefficient (Wildman–Crippen LogP) is 9.40. The Balaban J connectivity index is 1.35. The molecular weight excluding hydrogens is 512 g/mol. The second kappa shape index (κ2) is 10.6. The maximum Gasteiger partial charge on any atom is 0.0859 e. The van der Waals surface area contributed by atoms with Crippen molar-refractivity contribution in [1.29, 1.82) is 0 Å². The van der Waals surface area contributed by atoms with Crippen molar-refractivity contribution in [3.8, 4) is 11.3 Å². The zero-order valence-electron chi connectivity index (χ0n) is 23.4. The molecule has 4 aromatic carbocycles. The van der Waals surface area contributed by atoms with Gasteiger partial charge in [0.25, 0.3) is 0 Å². The molecule has 0 saturated heterocycles. The van der Waals surface area contributed by atoms with E-state index in [2.05, 4.69) is 109 Å². The highest BCUT2D eigenvalue weighted by Crippen LogP contribution is 2.45. The first-order chi connectivity index (χ1) is 20.6. The number of benzene rings is 4. The third kappa shape index (κ3) is 4.47. The number of aromatic nitrogens is 1. The van der Waals surface area contributed by atoms with Crippen molar-refractivity contribution in [1.82, 2.24) is 4.98 Å². The molecule has 0 atom stereocenters. The smallest absolute Gasteiger partial charge is 0.0859 e. The van der Waals surface area contributed by atoms with Crippen LogP contribution < -0.4 is 4.90 Å². The van der Waals surface area contributed by atoms with Crippen molar-refractivity contribution in [3.05, 3.63) is 150 Å². The molecule has 5 aromatic rings. The second-order valence-corrected chi connectivity index (χ2v) is 10.7. The molecular formula is C38H30N4. The maximum atomic E-state index is 5.12. The summed E-state index contributed by atoms with van der Waals surface area (Å²) in [5, 5.41) is 1.13. The third-order valence-corrected chi connectivity index (χ3v) is 8.18. The van der Waals surface area contributed by atoms with Crippen molar-refractivity contribution in [2.45, 2.75) is 19.4 Å². The minimum absolute atomic E-state index is 0.662. The molecule has 2 heterocycles. The van der Waals surface area contributed by atoms with E-state index in [1.54, 1.807) is 0 Å². The molecule has 0 radical (unpaired) electrons. The summed E-state index contributed by atoms with van der Waals surface area (Å²) in [4.78, 5) is 16.8. The van der Waals surface area contributed by atoms with Crippen LogP contribution >= 0.6 is 0 Å². The van der Waals surface area contributed by atoms with Gasteiger partial charge in [-0.15, -0.1) is 0 Å². The van der Waals surface area contributed by atoms with Gasteiger partial charge in [-0.3, -0.25) is 4.99 Å². The van der Waals surface area contributed by atoms with E-state index in [0.717, 1.165) is 74.6 Å². The number of aryl methyl sites for hydroxylation is 1. The maximum absolute atomic E-state index is 5.12. The first-order valence-electron chi connectivity index (χ1n) is 14.2. The average Bonchev–Trinajstić information content (AvgIpc) is 3.05. The number of rotatable bonds is 6. The number of hydrogen-bond acceptors (Lipinski definition) is 4. The first-order valence-corrected chi connectivity index (χ1v) is 14.2. The lowest BCUT2D eigenvalue weighted by Gasteiger charge is -2.33. The third-order valence-electron chi connectivity index (χ3n) is 8.18. The minimum atomic E-state index is 0.662. The molecule has 1 aliphatic heterocycles. The summed E-state index contributed by atoms with van der Waals surface area (Å²) in [5.74, 6) is 0. The fraction of sp³-hybridized carbons (Fsp3) is 0.0789. The zero-order chi connectivity index (χ0) is 28.6. The lowest BCUT2D eigenvalue weighted by Crippen LogP contribution is -2.22. The van der Waals surface area contributed by atoms with E-state index in [1.165, 1.54) is 16.7 Å². The Labute approximate surface area is 246 Å². The van der Waals surface area contributed by atoms with Crippen molar-refractivity contribution in [3.63, 3.8) is 0 Å². The molecule has 0 N–H and O–H groups in total. The minimum Gasteiger partial charge on any atom is -0.335 e. The van der Waals surface area contributed by atoms with E-state index >= 15 is 0 Å². The van der Waals surface area contributed by atoms with Crippen molar-refractivity contribution < 1.29 is 0 Å². The summed E-state index contributed by atoms with van der Waals surface area (Å²) in [6, 6.07) is 33.6. The Morgan fingerprint density at radius 3 is 2.52 bits per heavy atom. The predicted molar refractivity (Wildman–Crippen MR) is 177 cm³/mol. The van der Waals surface area contributed by atoms with Gasteiger partial charge in [0.2, 0.25) is 0 Å². The molecule has 4 heteroatoms. The summed E-state index contributed by atoms with van der Waals surface area (Å²) in [7, 11) is 0. The summed E-state index contributed by atoms with van der Waals surface area (Å²) < 4.78 is 0. The standard InChI is InChI=1S/C38H30N4/c1-4-33(40-25(2)27-18-17-26-11-5-6-12-28(26)21-27)30-19-20-32-37(23-30)42(36-16-10-9-15-35(36)39-3)24-31-22-29-13-7-8-14-34(29)41-38(31)32/h4-16,19-23H,1-3,17-18,24H2. The topological polar surface area (TPSA) is 40.9 Å². The number of pyridine rings is 1. The molecule has 42 heavy (non-hydrogen) atoms. The molecule has 0 fully saturated rings. The molecule has 1 aliphatic carbocycles. The van der Waals surface area contributed by atoms with Crippen LogP contribution in [0.4, 0.5) is 17.1 Å². The fourth-order valence-corrected chi connectivity index (χ4v) is 6.03. The molecule has 0 unspecified atom stereocenters. The largest absolute Gasteiger partial charge is 0.335 e. The fourth-order valence-electron chi connectivity index (χ4n) is 6.03. The van der Waals surface area contributed by atoms with Gasteiger partial charge in [0.15, 0.2) is 0 Å².